The molecule has 2 fully saturated rings. The molecule has 0 radical (unpaired) electrons. The first-order valence-electron chi connectivity index (χ1n) is 9.27. The topological polar surface area (TPSA) is 84.9 Å². The summed E-state index contributed by atoms with van der Waals surface area (Å²) >= 11 is 0. The van der Waals surface area contributed by atoms with Gasteiger partial charge in [-0.25, -0.2) is 12.7 Å². The van der Waals surface area contributed by atoms with E-state index in [1.807, 2.05) is 0 Å². The Morgan fingerprint density at radius 2 is 1.89 bits per heavy atom. The molecule has 27 heavy (non-hydrogen) atoms. The SMILES string of the molecule is COc1ccc(NC(=O)C2CN(S(C)(=O)=O)CC23CCCCC3)c(OC)c1. The molecule has 1 N–H and O–H groups in total. The van der Waals surface area contributed by atoms with E-state index >= 15 is 0 Å². The Kier molecular flexibility index (Phi) is 5.67. The highest BCUT2D eigenvalue weighted by Crippen LogP contribution is 2.48. The largest absolute Gasteiger partial charge is 0.497 e. The van der Waals surface area contributed by atoms with Crippen LogP contribution in [0.25, 0.3) is 0 Å². The number of sulfonamides is 1. The van der Waals surface area contributed by atoms with Crippen molar-refractivity contribution < 1.29 is 22.7 Å². The lowest BCUT2D eigenvalue weighted by molar-refractivity contribution is -0.123. The van der Waals surface area contributed by atoms with E-state index in [9.17, 15) is 13.2 Å². The number of methoxy groups -OCH3 is 2. The maximum absolute atomic E-state index is 13.2. The lowest BCUT2D eigenvalue weighted by Crippen LogP contribution is -2.39. The standard InChI is InChI=1S/C19H28N2O5S/c1-25-14-7-8-16(17(11-14)26-2)20-18(22)15-12-21(27(3,23)24)13-19(15)9-5-4-6-10-19/h7-8,11,15H,4-6,9-10,12-13H2,1-3H3,(H,20,22). The molecule has 7 nitrogen and oxygen atoms in total. The van der Waals surface area contributed by atoms with Crippen molar-refractivity contribution in [3.63, 3.8) is 0 Å². The van der Waals surface area contributed by atoms with Crippen LogP contribution in [0.1, 0.15) is 32.1 Å². The van der Waals surface area contributed by atoms with Crippen LogP contribution in [-0.4, -0.2) is 52.2 Å². The van der Waals surface area contributed by atoms with E-state index in [1.54, 1.807) is 25.3 Å². The van der Waals surface area contributed by atoms with Gasteiger partial charge in [0.05, 0.1) is 32.1 Å². The number of nitrogens with one attached hydrogen (secondary N) is 1. The molecule has 1 saturated carbocycles. The fraction of sp³-hybridized carbons (Fsp3) is 0.632. The van der Waals surface area contributed by atoms with E-state index in [0.29, 0.717) is 23.7 Å². The number of rotatable bonds is 5. The monoisotopic (exact) mass is 396 g/mol. The fourth-order valence-electron chi connectivity index (χ4n) is 4.42. The van der Waals surface area contributed by atoms with Gasteiger partial charge in [0.15, 0.2) is 0 Å². The molecule has 1 aliphatic carbocycles. The first-order valence-corrected chi connectivity index (χ1v) is 11.1. The van der Waals surface area contributed by atoms with E-state index in [1.165, 1.54) is 17.7 Å². The molecule has 1 spiro atoms. The van der Waals surface area contributed by atoms with Crippen LogP contribution in [0.4, 0.5) is 5.69 Å². The maximum atomic E-state index is 13.2. The quantitative estimate of drug-likeness (QED) is 0.827. The summed E-state index contributed by atoms with van der Waals surface area (Å²) in [5.74, 6) is 0.641. The minimum absolute atomic E-state index is 0.147. The van der Waals surface area contributed by atoms with Gasteiger partial charge in [0.2, 0.25) is 15.9 Å². The zero-order chi connectivity index (χ0) is 19.7. The van der Waals surface area contributed by atoms with Gasteiger partial charge in [-0.1, -0.05) is 19.3 Å². The van der Waals surface area contributed by atoms with Crippen molar-refractivity contribution in [2.75, 3.05) is 38.9 Å². The van der Waals surface area contributed by atoms with Crippen molar-refractivity contribution in [1.29, 1.82) is 0 Å². The third kappa shape index (κ3) is 4.06. The van der Waals surface area contributed by atoms with Crippen LogP contribution in [0.3, 0.4) is 0 Å². The van der Waals surface area contributed by atoms with Gasteiger partial charge in [-0.2, -0.15) is 0 Å². The molecule has 1 heterocycles. The average Bonchev–Trinajstić information content (AvgIpc) is 3.01. The third-order valence-corrected chi connectivity index (χ3v) is 7.13. The second-order valence-corrected chi connectivity index (χ2v) is 9.57. The molecule has 0 aromatic heterocycles. The summed E-state index contributed by atoms with van der Waals surface area (Å²) in [6.45, 7) is 0.673. The molecule has 1 aliphatic heterocycles. The minimum Gasteiger partial charge on any atom is -0.497 e. The van der Waals surface area contributed by atoms with Crippen molar-refractivity contribution >= 4 is 21.6 Å². The molecule has 1 unspecified atom stereocenters. The Balaban J connectivity index is 1.85. The number of nitrogens with zero attached hydrogens (tertiary/aromatic N) is 1. The molecule has 0 bridgehead atoms. The van der Waals surface area contributed by atoms with Crippen LogP contribution in [0.5, 0.6) is 11.5 Å². The Labute approximate surface area is 161 Å². The van der Waals surface area contributed by atoms with E-state index in [-0.39, 0.29) is 23.8 Å². The van der Waals surface area contributed by atoms with Crippen LogP contribution in [0.15, 0.2) is 18.2 Å². The van der Waals surface area contributed by atoms with E-state index in [0.717, 1.165) is 32.1 Å². The predicted octanol–water partition coefficient (Wildman–Crippen LogP) is 2.48. The van der Waals surface area contributed by atoms with Crippen molar-refractivity contribution in [1.82, 2.24) is 4.31 Å². The highest BCUT2D eigenvalue weighted by molar-refractivity contribution is 7.88. The van der Waals surface area contributed by atoms with Gasteiger partial charge >= 0.3 is 0 Å². The van der Waals surface area contributed by atoms with Crippen molar-refractivity contribution in [3.05, 3.63) is 18.2 Å². The van der Waals surface area contributed by atoms with Gasteiger partial charge in [0.25, 0.3) is 0 Å². The van der Waals surface area contributed by atoms with Gasteiger partial charge in [0, 0.05) is 19.2 Å². The van der Waals surface area contributed by atoms with Gasteiger partial charge in [-0.15, -0.1) is 0 Å². The summed E-state index contributed by atoms with van der Waals surface area (Å²) < 4.78 is 36.3. The lowest BCUT2D eigenvalue weighted by Gasteiger charge is -2.37. The summed E-state index contributed by atoms with van der Waals surface area (Å²) in [7, 11) is -0.224. The highest BCUT2D eigenvalue weighted by atomic mass is 32.2. The van der Waals surface area contributed by atoms with Gasteiger partial charge in [-0.05, 0) is 30.4 Å². The van der Waals surface area contributed by atoms with Gasteiger partial charge in [0.1, 0.15) is 11.5 Å². The molecule has 1 aromatic carbocycles. The minimum atomic E-state index is -3.33. The summed E-state index contributed by atoms with van der Waals surface area (Å²) in [6.07, 6.45) is 6.20. The number of ether oxygens (including phenoxy) is 2. The number of hydrogen-bond donors (Lipinski definition) is 1. The highest BCUT2D eigenvalue weighted by Gasteiger charge is 2.52. The number of amides is 1. The normalized spacial score (nSPS) is 22.6. The first-order chi connectivity index (χ1) is 12.8. The van der Waals surface area contributed by atoms with E-state index < -0.39 is 10.0 Å². The Morgan fingerprint density at radius 1 is 1.19 bits per heavy atom. The molecule has 8 heteroatoms. The second kappa shape index (κ2) is 7.67. The molecule has 150 valence electrons. The number of benzene rings is 1. The zero-order valence-electron chi connectivity index (χ0n) is 16.2. The lowest BCUT2D eigenvalue weighted by atomic mass is 9.67. The Morgan fingerprint density at radius 3 is 2.48 bits per heavy atom. The van der Waals surface area contributed by atoms with Crippen molar-refractivity contribution in [3.8, 4) is 11.5 Å². The van der Waals surface area contributed by atoms with Crippen LogP contribution >= 0.6 is 0 Å². The predicted molar refractivity (Wildman–Crippen MR) is 104 cm³/mol. The Hall–Kier alpha value is -1.80. The molecule has 1 amide bonds. The van der Waals surface area contributed by atoms with E-state index in [4.69, 9.17) is 9.47 Å². The summed E-state index contributed by atoms with van der Waals surface area (Å²) in [5, 5.41) is 2.96. The molecular weight excluding hydrogens is 368 g/mol. The number of anilines is 1. The third-order valence-electron chi connectivity index (χ3n) is 5.92. The number of carbonyl (C=O) groups excluding carboxylic acids is 1. The van der Waals surface area contributed by atoms with Crippen LogP contribution in [0, 0.1) is 11.3 Å². The Bertz CT molecular complexity index is 802. The molecule has 1 saturated heterocycles. The smallest absolute Gasteiger partial charge is 0.229 e. The van der Waals surface area contributed by atoms with Crippen LogP contribution in [-0.2, 0) is 14.8 Å². The fourth-order valence-corrected chi connectivity index (χ4v) is 5.33. The molecular formula is C19H28N2O5S. The number of carbonyl (C=O) groups is 1. The molecule has 2 aliphatic rings. The van der Waals surface area contributed by atoms with Crippen LogP contribution in [0.2, 0.25) is 0 Å². The number of hydrogen-bond acceptors (Lipinski definition) is 5. The second-order valence-electron chi connectivity index (χ2n) is 7.59. The summed E-state index contributed by atoms with van der Waals surface area (Å²) in [5.41, 5.74) is 0.289. The van der Waals surface area contributed by atoms with Crippen molar-refractivity contribution in [2.24, 2.45) is 11.3 Å². The van der Waals surface area contributed by atoms with Gasteiger partial charge < -0.3 is 14.8 Å². The van der Waals surface area contributed by atoms with Crippen LogP contribution < -0.4 is 14.8 Å². The maximum Gasteiger partial charge on any atom is 0.229 e. The first kappa shape index (κ1) is 19.9. The van der Waals surface area contributed by atoms with Crippen molar-refractivity contribution in [2.45, 2.75) is 32.1 Å². The summed E-state index contributed by atoms with van der Waals surface area (Å²) in [6, 6.07) is 5.21. The zero-order valence-corrected chi connectivity index (χ0v) is 17.0. The molecule has 1 atom stereocenters. The van der Waals surface area contributed by atoms with Gasteiger partial charge in [-0.3, -0.25) is 4.79 Å². The average molecular weight is 397 g/mol. The molecule has 3 rings (SSSR count). The van der Waals surface area contributed by atoms with E-state index in [2.05, 4.69) is 5.32 Å². The summed E-state index contributed by atoms with van der Waals surface area (Å²) in [4.78, 5) is 13.2. The molecule has 1 aromatic rings.